The highest BCUT2D eigenvalue weighted by Gasteiger charge is 2.49. The molecule has 3 heteroatoms. The molecule has 1 aliphatic heterocycles. The third-order valence-corrected chi connectivity index (χ3v) is 2.83. The number of ether oxygens (including phenoxy) is 1. The largest absolute Gasteiger partial charge is 0.366 e. The minimum Gasteiger partial charge on any atom is -0.366 e. The highest BCUT2D eigenvalue weighted by Crippen LogP contribution is 2.46. The molecule has 0 aromatic heterocycles. The van der Waals surface area contributed by atoms with Gasteiger partial charge in [0, 0.05) is 0 Å². The summed E-state index contributed by atoms with van der Waals surface area (Å²) in [5, 5.41) is 18.4. The molecule has 0 aliphatic carbocycles. The van der Waals surface area contributed by atoms with Crippen LogP contribution in [-0.2, 0) is 4.74 Å². The summed E-state index contributed by atoms with van der Waals surface area (Å²) < 4.78 is 5.50. The zero-order valence-corrected chi connectivity index (χ0v) is 8.68. The van der Waals surface area contributed by atoms with Crippen LogP contribution in [0.5, 0.6) is 0 Å². The topological polar surface area (TPSA) is 56.8 Å². The Morgan fingerprint density at radius 3 is 2.44 bits per heavy atom. The Balaban J connectivity index is 2.49. The van der Waals surface area contributed by atoms with E-state index in [1.165, 1.54) is 0 Å². The van der Waals surface area contributed by atoms with E-state index >= 15 is 0 Å². The Kier molecular flexibility index (Phi) is 2.48. The van der Waals surface area contributed by atoms with E-state index in [1.807, 2.05) is 42.5 Å². The summed E-state index contributed by atoms with van der Waals surface area (Å²) in [5.41, 5.74) is 0.122. The summed E-state index contributed by atoms with van der Waals surface area (Å²) in [6.45, 7) is 4.02. The Morgan fingerprint density at radius 2 is 1.88 bits per heavy atom. The van der Waals surface area contributed by atoms with Crippen molar-refractivity contribution >= 4 is 0 Å². The Morgan fingerprint density at radius 1 is 1.25 bits per heavy atom. The third kappa shape index (κ3) is 1.31. The van der Waals surface area contributed by atoms with Crippen LogP contribution in [0.3, 0.4) is 0 Å². The van der Waals surface area contributed by atoms with Gasteiger partial charge in [0.1, 0.15) is 6.10 Å². The molecule has 1 aromatic rings. The van der Waals surface area contributed by atoms with E-state index in [0.29, 0.717) is 5.57 Å². The van der Waals surface area contributed by atoms with Crippen LogP contribution in [0.15, 0.2) is 42.5 Å². The van der Waals surface area contributed by atoms with Crippen molar-refractivity contribution in [3.8, 4) is 12.1 Å². The van der Waals surface area contributed by atoms with Crippen LogP contribution >= 0.6 is 0 Å². The standard InChI is InChI=1S/C13H10N2O/c1-10-7-16-12(13(10,8-14)9-15)11-5-3-2-4-6-11/h2-6,12H,1,7H2. The lowest BCUT2D eigenvalue weighted by atomic mass is 9.78. The number of nitrogens with zero attached hydrogens (tertiary/aromatic N) is 2. The van der Waals surface area contributed by atoms with Crippen molar-refractivity contribution in [2.75, 3.05) is 6.61 Å². The molecule has 0 saturated carbocycles. The first-order valence-corrected chi connectivity index (χ1v) is 4.92. The lowest BCUT2D eigenvalue weighted by Gasteiger charge is -2.20. The lowest BCUT2D eigenvalue weighted by molar-refractivity contribution is 0.0866. The van der Waals surface area contributed by atoms with Crippen LogP contribution in [0.2, 0.25) is 0 Å². The Labute approximate surface area is 94.2 Å². The van der Waals surface area contributed by atoms with Gasteiger partial charge < -0.3 is 4.74 Å². The number of rotatable bonds is 1. The van der Waals surface area contributed by atoms with E-state index in [9.17, 15) is 10.5 Å². The van der Waals surface area contributed by atoms with Gasteiger partial charge in [-0.2, -0.15) is 10.5 Å². The fourth-order valence-electron chi connectivity index (χ4n) is 1.88. The number of hydrogen-bond donors (Lipinski definition) is 0. The van der Waals surface area contributed by atoms with Crippen molar-refractivity contribution in [3.63, 3.8) is 0 Å². The molecule has 1 heterocycles. The molecule has 2 rings (SSSR count). The fourth-order valence-corrected chi connectivity index (χ4v) is 1.88. The second kappa shape index (κ2) is 3.81. The zero-order chi connectivity index (χ0) is 11.6. The molecule has 0 radical (unpaired) electrons. The van der Waals surface area contributed by atoms with E-state index < -0.39 is 11.5 Å². The van der Waals surface area contributed by atoms with Crippen LogP contribution < -0.4 is 0 Å². The predicted octanol–water partition coefficient (Wildman–Crippen LogP) is 2.35. The van der Waals surface area contributed by atoms with Gasteiger partial charge >= 0.3 is 0 Å². The highest BCUT2D eigenvalue weighted by atomic mass is 16.5. The van der Waals surface area contributed by atoms with Crippen LogP contribution in [0.4, 0.5) is 0 Å². The highest BCUT2D eigenvalue weighted by molar-refractivity contribution is 5.41. The molecule has 0 spiro atoms. The summed E-state index contributed by atoms with van der Waals surface area (Å²) in [6.07, 6.45) is -0.531. The molecule has 0 N–H and O–H groups in total. The molecule has 1 saturated heterocycles. The molecule has 1 aromatic carbocycles. The van der Waals surface area contributed by atoms with Crippen LogP contribution in [0.25, 0.3) is 0 Å². The molecule has 0 amide bonds. The maximum atomic E-state index is 9.21. The van der Waals surface area contributed by atoms with Gasteiger partial charge in [0.15, 0.2) is 5.41 Å². The van der Waals surface area contributed by atoms with Gasteiger partial charge in [0.05, 0.1) is 18.7 Å². The van der Waals surface area contributed by atoms with E-state index in [4.69, 9.17) is 4.74 Å². The molecular formula is C13H10N2O. The molecule has 1 unspecified atom stereocenters. The summed E-state index contributed by atoms with van der Waals surface area (Å²) in [7, 11) is 0. The van der Waals surface area contributed by atoms with E-state index in [1.54, 1.807) is 0 Å². The van der Waals surface area contributed by atoms with Gasteiger partial charge in [-0.3, -0.25) is 0 Å². The predicted molar refractivity (Wildman–Crippen MR) is 57.9 cm³/mol. The van der Waals surface area contributed by atoms with Crippen LogP contribution in [0.1, 0.15) is 11.7 Å². The Hall–Kier alpha value is -2.10. The first-order valence-electron chi connectivity index (χ1n) is 4.92. The normalized spacial score (nSPS) is 22.4. The van der Waals surface area contributed by atoms with Gasteiger partial charge in [0.25, 0.3) is 0 Å². The van der Waals surface area contributed by atoms with Gasteiger partial charge in [-0.15, -0.1) is 0 Å². The zero-order valence-electron chi connectivity index (χ0n) is 8.68. The average Bonchev–Trinajstić information content (AvgIpc) is 2.68. The fraction of sp³-hybridized carbons (Fsp3) is 0.231. The molecule has 1 aliphatic rings. The van der Waals surface area contributed by atoms with E-state index in [2.05, 4.69) is 6.58 Å². The van der Waals surface area contributed by atoms with Crippen molar-refractivity contribution in [2.24, 2.45) is 5.41 Å². The van der Waals surface area contributed by atoms with Crippen molar-refractivity contribution in [1.29, 1.82) is 10.5 Å². The third-order valence-electron chi connectivity index (χ3n) is 2.83. The van der Waals surface area contributed by atoms with Crippen molar-refractivity contribution in [3.05, 3.63) is 48.0 Å². The molecule has 16 heavy (non-hydrogen) atoms. The van der Waals surface area contributed by atoms with Gasteiger partial charge in [0.2, 0.25) is 0 Å². The number of hydrogen-bond acceptors (Lipinski definition) is 3. The minimum atomic E-state index is -1.25. The minimum absolute atomic E-state index is 0.265. The first-order chi connectivity index (χ1) is 7.74. The molecule has 78 valence electrons. The van der Waals surface area contributed by atoms with Crippen molar-refractivity contribution < 1.29 is 4.74 Å². The average molecular weight is 210 g/mol. The molecule has 1 atom stereocenters. The summed E-state index contributed by atoms with van der Waals surface area (Å²) >= 11 is 0. The summed E-state index contributed by atoms with van der Waals surface area (Å²) in [5.74, 6) is 0. The smallest absolute Gasteiger partial charge is 0.196 e. The van der Waals surface area contributed by atoms with Crippen molar-refractivity contribution in [2.45, 2.75) is 6.10 Å². The van der Waals surface area contributed by atoms with Crippen LogP contribution in [-0.4, -0.2) is 6.61 Å². The molecule has 0 bridgehead atoms. The summed E-state index contributed by atoms with van der Waals surface area (Å²) in [6, 6.07) is 13.4. The quantitative estimate of drug-likeness (QED) is 0.668. The SMILES string of the molecule is C=C1COC(c2ccccc2)C1(C#N)C#N. The Bertz CT molecular complexity index is 479. The lowest BCUT2D eigenvalue weighted by Crippen LogP contribution is -2.22. The second-order valence-corrected chi connectivity index (χ2v) is 3.74. The van der Waals surface area contributed by atoms with Crippen molar-refractivity contribution in [1.82, 2.24) is 0 Å². The summed E-state index contributed by atoms with van der Waals surface area (Å²) in [4.78, 5) is 0. The van der Waals surface area contributed by atoms with Crippen LogP contribution in [0, 0.1) is 28.1 Å². The molecule has 1 fully saturated rings. The van der Waals surface area contributed by atoms with E-state index in [0.717, 1.165) is 5.56 Å². The molecular weight excluding hydrogens is 200 g/mol. The maximum Gasteiger partial charge on any atom is 0.196 e. The number of benzene rings is 1. The second-order valence-electron chi connectivity index (χ2n) is 3.74. The monoisotopic (exact) mass is 210 g/mol. The van der Waals surface area contributed by atoms with Gasteiger partial charge in [-0.05, 0) is 11.1 Å². The van der Waals surface area contributed by atoms with E-state index in [-0.39, 0.29) is 6.61 Å². The molecule has 3 nitrogen and oxygen atoms in total. The first kappa shape index (κ1) is 10.4. The van der Waals surface area contributed by atoms with Gasteiger partial charge in [-0.1, -0.05) is 36.9 Å². The van der Waals surface area contributed by atoms with Gasteiger partial charge in [-0.25, -0.2) is 0 Å². The maximum absolute atomic E-state index is 9.21. The number of nitriles is 2.